The number of likely N-dealkylation sites (tertiary alicyclic amines) is 1. The smallest absolute Gasteiger partial charge is 0.233 e. The number of halogens is 1. The molecule has 26 heavy (non-hydrogen) atoms. The van der Waals surface area contributed by atoms with Crippen LogP contribution in [-0.4, -0.2) is 62.1 Å². The lowest BCUT2D eigenvalue weighted by atomic mass is 9.86. The molecule has 1 aromatic carbocycles. The number of nitrogens with zero attached hydrogens (tertiary/aromatic N) is 2. The number of hydrogen-bond donors (Lipinski definition) is 0. The van der Waals surface area contributed by atoms with Gasteiger partial charge in [0, 0.05) is 19.6 Å². The van der Waals surface area contributed by atoms with Crippen molar-refractivity contribution in [2.75, 3.05) is 40.3 Å². The monoisotopic (exact) mass is 362 g/mol. The summed E-state index contributed by atoms with van der Waals surface area (Å²) in [4.78, 5) is 17.5. The van der Waals surface area contributed by atoms with Crippen LogP contribution in [0.2, 0.25) is 0 Å². The summed E-state index contributed by atoms with van der Waals surface area (Å²) < 4.78 is 19.3. The first-order valence-electron chi connectivity index (χ1n) is 9.58. The standard InChI is InChI=1S/C21H31FN2O2/c1-20(2)15-21(20,16-5-7-17(22)8-6-16)19(25)24-11-9-18(10-12-24)26-14-13-23(3)4/h5-8,18H,9-15H2,1-4H3/t21-/m1/s1. The van der Waals surface area contributed by atoms with Gasteiger partial charge in [0.1, 0.15) is 5.82 Å². The van der Waals surface area contributed by atoms with Gasteiger partial charge in [-0.2, -0.15) is 0 Å². The van der Waals surface area contributed by atoms with Crippen molar-refractivity contribution < 1.29 is 13.9 Å². The molecule has 5 heteroatoms. The molecule has 1 saturated carbocycles. The van der Waals surface area contributed by atoms with Crippen molar-refractivity contribution >= 4 is 5.91 Å². The molecule has 0 unspecified atom stereocenters. The number of ether oxygens (including phenoxy) is 1. The zero-order valence-corrected chi connectivity index (χ0v) is 16.4. The lowest BCUT2D eigenvalue weighted by molar-refractivity contribution is -0.137. The Hall–Kier alpha value is -1.46. The van der Waals surface area contributed by atoms with Crippen molar-refractivity contribution in [1.82, 2.24) is 9.80 Å². The number of amides is 1. The Morgan fingerprint density at radius 3 is 2.31 bits per heavy atom. The van der Waals surface area contributed by atoms with Gasteiger partial charge in [-0.1, -0.05) is 26.0 Å². The van der Waals surface area contributed by atoms with Gasteiger partial charge in [-0.25, -0.2) is 4.39 Å². The average molecular weight is 362 g/mol. The molecule has 1 aromatic rings. The number of rotatable bonds is 6. The maximum Gasteiger partial charge on any atom is 0.233 e. The predicted octanol–water partition coefficient (Wildman–Crippen LogP) is 3.06. The van der Waals surface area contributed by atoms with E-state index >= 15 is 0 Å². The highest BCUT2D eigenvalue weighted by molar-refractivity contribution is 5.93. The van der Waals surface area contributed by atoms with E-state index in [0.717, 1.165) is 51.1 Å². The van der Waals surface area contributed by atoms with Crippen molar-refractivity contribution in [2.24, 2.45) is 5.41 Å². The van der Waals surface area contributed by atoms with Gasteiger partial charge < -0.3 is 14.5 Å². The van der Waals surface area contributed by atoms with Crippen LogP contribution < -0.4 is 0 Å². The van der Waals surface area contributed by atoms with Gasteiger partial charge in [-0.3, -0.25) is 4.79 Å². The molecule has 1 amide bonds. The van der Waals surface area contributed by atoms with E-state index in [4.69, 9.17) is 4.74 Å². The Labute approximate surface area is 156 Å². The molecule has 3 rings (SSSR count). The summed E-state index contributed by atoms with van der Waals surface area (Å²) in [6, 6.07) is 6.48. The van der Waals surface area contributed by atoms with Crippen molar-refractivity contribution in [3.8, 4) is 0 Å². The van der Waals surface area contributed by atoms with Crippen LogP contribution >= 0.6 is 0 Å². The van der Waals surface area contributed by atoms with E-state index in [-0.39, 0.29) is 23.2 Å². The molecule has 0 bridgehead atoms. The van der Waals surface area contributed by atoms with Crippen molar-refractivity contribution in [2.45, 2.75) is 44.6 Å². The molecule has 2 aliphatic rings. The van der Waals surface area contributed by atoms with Gasteiger partial charge >= 0.3 is 0 Å². The van der Waals surface area contributed by atoms with Crippen LogP contribution in [0.15, 0.2) is 24.3 Å². The molecule has 0 N–H and O–H groups in total. The molecular weight excluding hydrogens is 331 g/mol. The number of benzene rings is 1. The predicted molar refractivity (Wildman–Crippen MR) is 101 cm³/mol. The Balaban J connectivity index is 1.63. The zero-order valence-electron chi connectivity index (χ0n) is 16.4. The van der Waals surface area contributed by atoms with Crippen molar-refractivity contribution in [1.29, 1.82) is 0 Å². The molecule has 0 spiro atoms. The van der Waals surface area contributed by atoms with Gasteiger partial charge in [0.2, 0.25) is 5.91 Å². The van der Waals surface area contributed by atoms with E-state index in [0.29, 0.717) is 0 Å². The van der Waals surface area contributed by atoms with Crippen molar-refractivity contribution in [3.05, 3.63) is 35.6 Å². The highest BCUT2D eigenvalue weighted by Gasteiger charge is 2.68. The highest BCUT2D eigenvalue weighted by Crippen LogP contribution is 2.65. The first kappa shape index (κ1) is 19.3. The zero-order chi connectivity index (χ0) is 18.9. The fraction of sp³-hybridized carbons (Fsp3) is 0.667. The third-order valence-corrected chi connectivity index (χ3v) is 6.06. The molecule has 1 atom stereocenters. The lowest BCUT2D eigenvalue weighted by Gasteiger charge is -2.35. The number of piperidine rings is 1. The fourth-order valence-corrected chi connectivity index (χ4v) is 4.23. The maximum absolute atomic E-state index is 13.4. The van der Waals surface area contributed by atoms with Crippen LogP contribution in [0.3, 0.4) is 0 Å². The summed E-state index contributed by atoms with van der Waals surface area (Å²) in [5, 5.41) is 0. The minimum atomic E-state index is -0.501. The van der Waals surface area contributed by atoms with E-state index in [1.54, 1.807) is 12.1 Å². The maximum atomic E-state index is 13.4. The van der Waals surface area contributed by atoms with Crippen LogP contribution in [0.4, 0.5) is 4.39 Å². The Morgan fingerprint density at radius 2 is 1.81 bits per heavy atom. The van der Waals surface area contributed by atoms with Crippen LogP contribution in [0.25, 0.3) is 0 Å². The van der Waals surface area contributed by atoms with E-state index in [2.05, 4.69) is 18.7 Å². The number of hydrogen-bond acceptors (Lipinski definition) is 3. The van der Waals surface area contributed by atoms with Gasteiger partial charge in [0.15, 0.2) is 0 Å². The van der Waals surface area contributed by atoms with Crippen LogP contribution in [0, 0.1) is 11.2 Å². The fourth-order valence-electron chi connectivity index (χ4n) is 4.23. The Bertz CT molecular complexity index is 636. The van der Waals surface area contributed by atoms with E-state index in [1.807, 2.05) is 19.0 Å². The van der Waals surface area contributed by atoms with Crippen LogP contribution in [-0.2, 0) is 14.9 Å². The summed E-state index contributed by atoms with van der Waals surface area (Å²) in [6.07, 6.45) is 2.84. The highest BCUT2D eigenvalue weighted by atomic mass is 19.1. The van der Waals surface area contributed by atoms with Gasteiger partial charge in [-0.05, 0) is 56.5 Å². The van der Waals surface area contributed by atoms with Gasteiger partial charge in [0.05, 0.1) is 18.1 Å². The quantitative estimate of drug-likeness (QED) is 0.780. The second-order valence-corrected chi connectivity index (χ2v) is 8.64. The first-order valence-corrected chi connectivity index (χ1v) is 9.58. The number of carbonyl (C=O) groups is 1. The molecule has 144 valence electrons. The van der Waals surface area contributed by atoms with Gasteiger partial charge in [0.25, 0.3) is 0 Å². The number of carbonyl (C=O) groups excluding carboxylic acids is 1. The van der Waals surface area contributed by atoms with Crippen LogP contribution in [0.1, 0.15) is 38.7 Å². The summed E-state index contributed by atoms with van der Waals surface area (Å²) >= 11 is 0. The average Bonchev–Trinajstić information content (AvgIpc) is 3.19. The topological polar surface area (TPSA) is 32.8 Å². The number of likely N-dealkylation sites (N-methyl/N-ethyl adjacent to an activating group) is 1. The minimum absolute atomic E-state index is 0.0824. The molecule has 2 fully saturated rings. The summed E-state index contributed by atoms with van der Waals surface area (Å²) in [7, 11) is 4.08. The van der Waals surface area contributed by atoms with E-state index in [9.17, 15) is 9.18 Å². The molecule has 1 aliphatic carbocycles. The molecule has 4 nitrogen and oxygen atoms in total. The second kappa shape index (κ2) is 7.28. The summed E-state index contributed by atoms with van der Waals surface area (Å²) in [6.45, 7) is 7.39. The molecule has 0 aromatic heterocycles. The third kappa shape index (κ3) is 3.65. The Morgan fingerprint density at radius 1 is 1.23 bits per heavy atom. The second-order valence-electron chi connectivity index (χ2n) is 8.64. The summed E-state index contributed by atoms with van der Waals surface area (Å²) in [5.41, 5.74) is 0.360. The molecule has 1 saturated heterocycles. The minimum Gasteiger partial charge on any atom is -0.377 e. The Kier molecular flexibility index (Phi) is 5.40. The van der Waals surface area contributed by atoms with E-state index < -0.39 is 5.41 Å². The van der Waals surface area contributed by atoms with Crippen LogP contribution in [0.5, 0.6) is 0 Å². The first-order chi connectivity index (χ1) is 12.3. The van der Waals surface area contributed by atoms with E-state index in [1.165, 1.54) is 12.1 Å². The third-order valence-electron chi connectivity index (χ3n) is 6.06. The molecule has 1 heterocycles. The molecular formula is C21H31FN2O2. The largest absolute Gasteiger partial charge is 0.377 e. The molecule has 0 radical (unpaired) electrons. The molecule has 1 aliphatic heterocycles. The normalized spacial score (nSPS) is 25.5. The summed E-state index contributed by atoms with van der Waals surface area (Å²) in [5.74, 6) is -0.0636. The van der Waals surface area contributed by atoms with Crippen molar-refractivity contribution in [3.63, 3.8) is 0 Å². The lowest BCUT2D eigenvalue weighted by Crippen LogP contribution is -2.47. The SMILES string of the molecule is CN(C)CCOC1CCN(C(=O)[C@]2(c3ccc(F)cc3)CC2(C)C)CC1. The van der Waals surface area contributed by atoms with Gasteiger partial charge in [-0.15, -0.1) is 0 Å².